The van der Waals surface area contributed by atoms with Crippen LogP contribution >= 0.6 is 11.8 Å². The molecule has 2 N–H and O–H groups in total. The Balaban J connectivity index is 2.67. The fraction of sp³-hybridized carbons (Fsp3) is 0.400. The van der Waals surface area contributed by atoms with Gasteiger partial charge in [0, 0.05) is 12.1 Å². The van der Waals surface area contributed by atoms with Gasteiger partial charge in [0.05, 0.1) is 5.56 Å². The van der Waals surface area contributed by atoms with E-state index in [9.17, 15) is 9.18 Å². The Kier molecular flexibility index (Phi) is 7.78. The number of nitrogens with one attached hydrogen (secondary N) is 1. The molecule has 5 heteroatoms. The van der Waals surface area contributed by atoms with E-state index in [4.69, 9.17) is 5.11 Å². The van der Waals surface area contributed by atoms with E-state index >= 15 is 0 Å². The highest BCUT2D eigenvalue weighted by Gasteiger charge is 2.10. The fourth-order valence-corrected chi connectivity index (χ4v) is 2.11. The number of hydrogen-bond donors (Lipinski definition) is 2. The molecule has 1 aromatic carbocycles. The molecule has 0 aliphatic rings. The molecule has 0 unspecified atom stereocenters. The Labute approximate surface area is 123 Å². The topological polar surface area (TPSA) is 49.3 Å². The molecule has 0 fully saturated rings. The van der Waals surface area contributed by atoms with Crippen LogP contribution < -0.4 is 5.32 Å². The summed E-state index contributed by atoms with van der Waals surface area (Å²) in [5, 5.41) is 11.5. The molecule has 0 aromatic heterocycles. The molecule has 1 aromatic rings. The van der Waals surface area contributed by atoms with Crippen LogP contribution in [0.2, 0.25) is 0 Å². The number of aliphatic hydroxyl groups excluding tert-OH is 1. The molecule has 0 aliphatic carbocycles. The summed E-state index contributed by atoms with van der Waals surface area (Å²) in [6.45, 7) is 0.260. The first-order valence-electron chi connectivity index (χ1n) is 6.35. The van der Waals surface area contributed by atoms with Crippen molar-refractivity contribution in [3.05, 3.63) is 35.1 Å². The molecule has 0 saturated carbocycles. The van der Waals surface area contributed by atoms with E-state index in [0.717, 1.165) is 18.6 Å². The molecule has 0 atom stereocenters. The normalized spacial score (nSPS) is 9.75. The van der Waals surface area contributed by atoms with Crippen molar-refractivity contribution < 1.29 is 14.3 Å². The Morgan fingerprint density at radius 3 is 2.95 bits per heavy atom. The Hall–Kier alpha value is -1.51. The second-order valence-corrected chi connectivity index (χ2v) is 5.09. The maximum absolute atomic E-state index is 13.2. The Morgan fingerprint density at radius 2 is 2.25 bits per heavy atom. The predicted octanol–water partition coefficient (Wildman–Crippen LogP) is 2.04. The van der Waals surface area contributed by atoms with Crippen molar-refractivity contribution in [2.24, 2.45) is 0 Å². The third kappa shape index (κ3) is 5.64. The zero-order valence-corrected chi connectivity index (χ0v) is 12.2. The zero-order chi connectivity index (χ0) is 14.8. The first-order valence-corrected chi connectivity index (χ1v) is 7.75. The Morgan fingerprint density at radius 1 is 1.45 bits per heavy atom. The summed E-state index contributed by atoms with van der Waals surface area (Å²) in [5.74, 6) is 5.37. The van der Waals surface area contributed by atoms with Crippen molar-refractivity contribution in [2.75, 3.05) is 25.2 Å². The standard InChI is InChI=1S/C15H18FNO2S/c1-20-10-3-2-8-17-15(19)14-7-6-13(16)11-12(14)5-4-9-18/h6-7,11,18H,2-3,8-10H2,1H3,(H,17,19). The summed E-state index contributed by atoms with van der Waals surface area (Å²) in [4.78, 5) is 12.0. The second kappa shape index (κ2) is 9.40. The number of thioether (sulfide) groups is 1. The number of benzene rings is 1. The minimum Gasteiger partial charge on any atom is -0.384 e. The van der Waals surface area contributed by atoms with Crippen LogP contribution in [0.4, 0.5) is 4.39 Å². The van der Waals surface area contributed by atoms with Gasteiger partial charge in [0.15, 0.2) is 0 Å². The lowest BCUT2D eigenvalue weighted by Gasteiger charge is -2.07. The van der Waals surface area contributed by atoms with E-state index < -0.39 is 5.82 Å². The van der Waals surface area contributed by atoms with E-state index in [2.05, 4.69) is 17.2 Å². The number of unbranched alkanes of at least 4 members (excludes halogenated alkanes) is 1. The van der Waals surface area contributed by atoms with Gasteiger partial charge in [0.2, 0.25) is 0 Å². The highest BCUT2D eigenvalue weighted by atomic mass is 32.2. The highest BCUT2D eigenvalue weighted by molar-refractivity contribution is 7.98. The van der Waals surface area contributed by atoms with Crippen molar-refractivity contribution in [1.82, 2.24) is 5.32 Å². The van der Waals surface area contributed by atoms with Gasteiger partial charge in [-0.2, -0.15) is 11.8 Å². The van der Waals surface area contributed by atoms with Crippen LogP contribution in [0.15, 0.2) is 18.2 Å². The molecular weight excluding hydrogens is 277 g/mol. The summed E-state index contributed by atoms with van der Waals surface area (Å²) in [6.07, 6.45) is 4.00. The van der Waals surface area contributed by atoms with E-state index in [-0.39, 0.29) is 12.5 Å². The van der Waals surface area contributed by atoms with Crippen LogP contribution in [0, 0.1) is 17.7 Å². The van der Waals surface area contributed by atoms with Crippen molar-refractivity contribution in [3.63, 3.8) is 0 Å². The average Bonchev–Trinajstić information content (AvgIpc) is 2.44. The minimum absolute atomic E-state index is 0.267. The number of rotatable bonds is 6. The van der Waals surface area contributed by atoms with Crippen molar-refractivity contribution in [3.8, 4) is 11.8 Å². The second-order valence-electron chi connectivity index (χ2n) is 4.11. The number of halogens is 1. The number of amides is 1. The molecule has 3 nitrogen and oxygen atoms in total. The molecule has 0 bridgehead atoms. The molecule has 0 spiro atoms. The largest absolute Gasteiger partial charge is 0.384 e. The highest BCUT2D eigenvalue weighted by Crippen LogP contribution is 2.10. The van der Waals surface area contributed by atoms with Gasteiger partial charge in [-0.1, -0.05) is 11.8 Å². The number of carbonyl (C=O) groups is 1. The van der Waals surface area contributed by atoms with Crippen molar-refractivity contribution in [1.29, 1.82) is 0 Å². The number of aliphatic hydroxyl groups is 1. The third-order valence-corrected chi connectivity index (χ3v) is 3.29. The third-order valence-electron chi connectivity index (χ3n) is 2.59. The lowest BCUT2D eigenvalue weighted by atomic mass is 10.1. The molecule has 108 valence electrons. The van der Waals surface area contributed by atoms with Gasteiger partial charge in [-0.3, -0.25) is 4.79 Å². The summed E-state index contributed by atoms with van der Waals surface area (Å²) in [6, 6.07) is 3.84. The maximum Gasteiger partial charge on any atom is 0.252 e. The SMILES string of the molecule is CSCCCCNC(=O)c1ccc(F)cc1C#CCO. The van der Waals surface area contributed by atoms with Gasteiger partial charge < -0.3 is 10.4 Å². The summed E-state index contributed by atoms with van der Waals surface area (Å²) >= 11 is 1.77. The van der Waals surface area contributed by atoms with Crippen LogP contribution in [-0.4, -0.2) is 36.2 Å². The first kappa shape index (κ1) is 16.5. The lowest BCUT2D eigenvalue weighted by Crippen LogP contribution is -2.25. The maximum atomic E-state index is 13.2. The van der Waals surface area contributed by atoms with Gasteiger partial charge in [-0.15, -0.1) is 0 Å². The summed E-state index contributed by atoms with van der Waals surface area (Å²) < 4.78 is 13.2. The lowest BCUT2D eigenvalue weighted by molar-refractivity contribution is 0.0953. The van der Waals surface area contributed by atoms with Crippen LogP contribution in [0.25, 0.3) is 0 Å². The summed E-state index contributed by atoms with van der Waals surface area (Å²) in [5.41, 5.74) is 0.623. The van der Waals surface area contributed by atoms with Gasteiger partial charge >= 0.3 is 0 Å². The molecular formula is C15H18FNO2S. The predicted molar refractivity (Wildman–Crippen MR) is 80.3 cm³/mol. The molecule has 20 heavy (non-hydrogen) atoms. The molecule has 0 saturated heterocycles. The average molecular weight is 295 g/mol. The smallest absolute Gasteiger partial charge is 0.252 e. The van der Waals surface area contributed by atoms with Crippen molar-refractivity contribution in [2.45, 2.75) is 12.8 Å². The van der Waals surface area contributed by atoms with E-state index in [1.165, 1.54) is 18.2 Å². The van der Waals surface area contributed by atoms with Crippen LogP contribution in [0.5, 0.6) is 0 Å². The quantitative estimate of drug-likeness (QED) is 0.624. The Bertz CT molecular complexity index is 508. The molecule has 1 rings (SSSR count). The molecule has 0 heterocycles. The first-order chi connectivity index (χ1) is 9.69. The van der Waals surface area contributed by atoms with Crippen molar-refractivity contribution >= 4 is 17.7 Å². The fourth-order valence-electron chi connectivity index (χ4n) is 1.62. The zero-order valence-electron chi connectivity index (χ0n) is 11.4. The molecule has 0 radical (unpaired) electrons. The molecule has 0 aliphatic heterocycles. The minimum atomic E-state index is -0.455. The van der Waals surface area contributed by atoms with Gasteiger partial charge in [0.25, 0.3) is 5.91 Å². The summed E-state index contributed by atoms with van der Waals surface area (Å²) in [7, 11) is 0. The molecule has 1 amide bonds. The monoisotopic (exact) mass is 295 g/mol. The number of hydrogen-bond acceptors (Lipinski definition) is 3. The van der Waals surface area contributed by atoms with Gasteiger partial charge in [0.1, 0.15) is 12.4 Å². The van der Waals surface area contributed by atoms with E-state index in [1.807, 2.05) is 6.26 Å². The van der Waals surface area contributed by atoms with Crippen LogP contribution in [0.3, 0.4) is 0 Å². The van der Waals surface area contributed by atoms with E-state index in [1.54, 1.807) is 11.8 Å². The number of carbonyl (C=O) groups excluding carboxylic acids is 1. The van der Waals surface area contributed by atoms with Gasteiger partial charge in [-0.05, 0) is 43.0 Å². The van der Waals surface area contributed by atoms with Gasteiger partial charge in [-0.25, -0.2) is 4.39 Å². The van der Waals surface area contributed by atoms with Crippen LogP contribution in [0.1, 0.15) is 28.8 Å². The van der Waals surface area contributed by atoms with E-state index in [0.29, 0.717) is 17.7 Å². The van der Waals surface area contributed by atoms with Crippen LogP contribution in [-0.2, 0) is 0 Å².